The molecule has 1 heterocycles. The van der Waals surface area contributed by atoms with Crippen LogP contribution in [0.2, 0.25) is 0 Å². The molecule has 0 bridgehead atoms. The number of carbonyl (C=O) groups excluding carboxylic acids is 1. The van der Waals surface area contributed by atoms with Crippen LogP contribution in [0.4, 0.5) is 0 Å². The monoisotopic (exact) mass is 170 g/mol. The second-order valence-corrected chi connectivity index (χ2v) is 3.82. The van der Waals surface area contributed by atoms with Crippen LogP contribution in [0, 0.1) is 5.92 Å². The van der Waals surface area contributed by atoms with Gasteiger partial charge in [-0.3, -0.25) is 4.79 Å². The molecule has 0 aliphatic carbocycles. The third-order valence-electron chi connectivity index (χ3n) is 2.30. The lowest BCUT2D eigenvalue weighted by molar-refractivity contribution is -0.119. The Labute approximate surface area is 74.3 Å². The third kappa shape index (κ3) is 2.81. The highest BCUT2D eigenvalue weighted by molar-refractivity contribution is 5.46. The smallest absolute Gasteiger partial charge is 0.209 e. The van der Waals surface area contributed by atoms with Crippen molar-refractivity contribution in [1.29, 1.82) is 0 Å². The third-order valence-corrected chi connectivity index (χ3v) is 2.30. The fourth-order valence-corrected chi connectivity index (χ4v) is 1.81. The summed E-state index contributed by atoms with van der Waals surface area (Å²) in [6.07, 6.45) is 2.07. The van der Waals surface area contributed by atoms with Gasteiger partial charge in [-0.25, -0.2) is 0 Å². The van der Waals surface area contributed by atoms with Crippen molar-refractivity contribution in [3.63, 3.8) is 0 Å². The average molecular weight is 170 g/mol. The Hall–Kier alpha value is -0.570. The first-order valence-corrected chi connectivity index (χ1v) is 4.60. The van der Waals surface area contributed by atoms with E-state index >= 15 is 0 Å². The number of hydrogen-bond acceptors (Lipinski definition) is 2. The van der Waals surface area contributed by atoms with Crippen LogP contribution in [0.25, 0.3) is 0 Å². The van der Waals surface area contributed by atoms with E-state index in [4.69, 9.17) is 0 Å². The van der Waals surface area contributed by atoms with Crippen LogP contribution in [0.3, 0.4) is 0 Å². The van der Waals surface area contributed by atoms with Crippen molar-refractivity contribution >= 4 is 6.41 Å². The molecule has 1 fully saturated rings. The summed E-state index contributed by atoms with van der Waals surface area (Å²) in [5.41, 5.74) is 0. The minimum atomic E-state index is 0.598. The molecule has 1 aliphatic heterocycles. The highest BCUT2D eigenvalue weighted by Gasteiger charge is 2.13. The van der Waals surface area contributed by atoms with Crippen LogP contribution in [-0.2, 0) is 4.79 Å². The van der Waals surface area contributed by atoms with Gasteiger partial charge in [0.05, 0.1) is 0 Å². The number of amides is 1. The van der Waals surface area contributed by atoms with Crippen molar-refractivity contribution in [2.24, 2.45) is 5.92 Å². The van der Waals surface area contributed by atoms with Gasteiger partial charge in [0.1, 0.15) is 0 Å². The van der Waals surface area contributed by atoms with Crippen LogP contribution < -0.4 is 0 Å². The second-order valence-electron chi connectivity index (χ2n) is 3.82. The van der Waals surface area contributed by atoms with Crippen LogP contribution >= 0.6 is 0 Å². The summed E-state index contributed by atoms with van der Waals surface area (Å²) >= 11 is 0. The van der Waals surface area contributed by atoms with E-state index in [0.29, 0.717) is 5.92 Å². The Morgan fingerprint density at radius 2 is 2.08 bits per heavy atom. The summed E-state index contributed by atoms with van der Waals surface area (Å²) in [7, 11) is 2.15. The zero-order valence-corrected chi connectivity index (χ0v) is 7.99. The molecule has 1 unspecified atom stereocenters. The molecule has 1 saturated heterocycles. The first-order chi connectivity index (χ1) is 5.72. The van der Waals surface area contributed by atoms with Crippen molar-refractivity contribution in [3.05, 3.63) is 0 Å². The van der Waals surface area contributed by atoms with E-state index in [1.165, 1.54) is 0 Å². The maximum atomic E-state index is 10.6. The number of nitrogens with zero attached hydrogens (tertiary/aromatic N) is 2. The molecular weight excluding hydrogens is 152 g/mol. The average Bonchev–Trinajstić information content (AvgIpc) is 1.99. The Bertz CT molecular complexity index is 149. The van der Waals surface area contributed by atoms with Crippen LogP contribution in [0.1, 0.15) is 13.3 Å². The molecule has 3 nitrogen and oxygen atoms in total. The molecule has 1 rings (SSSR count). The van der Waals surface area contributed by atoms with Gasteiger partial charge in [-0.1, -0.05) is 6.92 Å². The quantitative estimate of drug-likeness (QED) is 0.532. The highest BCUT2D eigenvalue weighted by atomic mass is 16.1. The summed E-state index contributed by atoms with van der Waals surface area (Å²) in [5, 5.41) is 0. The van der Waals surface area contributed by atoms with Gasteiger partial charge in [-0.05, 0) is 25.9 Å². The molecule has 0 N–H and O–H groups in total. The molecule has 1 aliphatic rings. The van der Waals surface area contributed by atoms with Gasteiger partial charge < -0.3 is 9.80 Å². The molecule has 0 radical (unpaired) electrons. The lowest BCUT2D eigenvalue weighted by Crippen LogP contribution is -2.38. The summed E-state index contributed by atoms with van der Waals surface area (Å²) < 4.78 is 0. The molecule has 1 amide bonds. The van der Waals surface area contributed by atoms with Crippen LogP contribution in [0.15, 0.2) is 0 Å². The second kappa shape index (κ2) is 4.45. The van der Waals surface area contributed by atoms with Gasteiger partial charge in [0.25, 0.3) is 0 Å². The van der Waals surface area contributed by atoms with E-state index in [1.54, 1.807) is 0 Å². The summed E-state index contributed by atoms with van der Waals surface area (Å²) in [4.78, 5) is 14.8. The minimum absolute atomic E-state index is 0.598. The van der Waals surface area contributed by atoms with Crippen LogP contribution in [0.5, 0.6) is 0 Å². The SMILES string of the molecule is CC1CN(C)CCCN(C=O)C1. The van der Waals surface area contributed by atoms with Crippen molar-refractivity contribution in [3.8, 4) is 0 Å². The summed E-state index contributed by atoms with van der Waals surface area (Å²) in [6, 6.07) is 0. The number of hydrogen-bond donors (Lipinski definition) is 0. The summed E-state index contributed by atoms with van der Waals surface area (Å²) in [6.45, 7) is 6.23. The van der Waals surface area contributed by atoms with Gasteiger partial charge >= 0.3 is 0 Å². The van der Waals surface area contributed by atoms with Gasteiger partial charge in [-0.2, -0.15) is 0 Å². The molecule has 3 heteroatoms. The first-order valence-electron chi connectivity index (χ1n) is 4.60. The van der Waals surface area contributed by atoms with Gasteiger partial charge in [-0.15, -0.1) is 0 Å². The zero-order chi connectivity index (χ0) is 8.97. The number of carbonyl (C=O) groups is 1. The van der Waals surface area contributed by atoms with E-state index in [0.717, 1.165) is 39.0 Å². The highest BCUT2D eigenvalue weighted by Crippen LogP contribution is 2.05. The molecule has 0 aromatic carbocycles. The molecule has 0 aromatic rings. The Balaban J connectivity index is 2.41. The topological polar surface area (TPSA) is 23.6 Å². The Kier molecular flexibility index (Phi) is 3.53. The predicted octanol–water partition coefficient (Wildman–Crippen LogP) is 0.416. The molecule has 12 heavy (non-hydrogen) atoms. The zero-order valence-electron chi connectivity index (χ0n) is 7.99. The molecule has 70 valence electrons. The van der Waals surface area contributed by atoms with E-state index in [9.17, 15) is 4.79 Å². The molecule has 0 spiro atoms. The van der Waals surface area contributed by atoms with Gasteiger partial charge in [0.15, 0.2) is 0 Å². The minimum Gasteiger partial charge on any atom is -0.345 e. The lowest BCUT2D eigenvalue weighted by Gasteiger charge is -2.29. The largest absolute Gasteiger partial charge is 0.345 e. The fourth-order valence-electron chi connectivity index (χ4n) is 1.81. The van der Waals surface area contributed by atoms with E-state index < -0.39 is 0 Å². The Morgan fingerprint density at radius 1 is 1.33 bits per heavy atom. The first kappa shape index (κ1) is 9.52. The lowest BCUT2D eigenvalue weighted by atomic mass is 10.1. The predicted molar refractivity (Wildman–Crippen MR) is 48.9 cm³/mol. The van der Waals surface area contributed by atoms with Crippen molar-refractivity contribution < 1.29 is 4.79 Å². The van der Waals surface area contributed by atoms with E-state index in [1.807, 2.05) is 4.90 Å². The van der Waals surface area contributed by atoms with E-state index in [-0.39, 0.29) is 0 Å². The fraction of sp³-hybridized carbons (Fsp3) is 0.889. The van der Waals surface area contributed by atoms with Gasteiger partial charge in [0, 0.05) is 19.6 Å². The Morgan fingerprint density at radius 3 is 2.75 bits per heavy atom. The molecule has 0 aromatic heterocycles. The number of rotatable bonds is 1. The van der Waals surface area contributed by atoms with Gasteiger partial charge in [0.2, 0.25) is 6.41 Å². The van der Waals surface area contributed by atoms with Crippen molar-refractivity contribution in [2.75, 3.05) is 33.2 Å². The standard InChI is InChI=1S/C9H18N2O/c1-9-6-10(2)4-3-5-11(7-9)8-12/h8-9H,3-7H2,1-2H3. The van der Waals surface area contributed by atoms with Crippen molar-refractivity contribution in [2.45, 2.75) is 13.3 Å². The van der Waals surface area contributed by atoms with Crippen molar-refractivity contribution in [1.82, 2.24) is 9.80 Å². The van der Waals surface area contributed by atoms with E-state index in [2.05, 4.69) is 18.9 Å². The molecule has 1 atom stereocenters. The van der Waals surface area contributed by atoms with Crippen LogP contribution in [-0.4, -0.2) is 49.4 Å². The maximum absolute atomic E-state index is 10.6. The normalized spacial score (nSPS) is 27.8. The summed E-state index contributed by atoms with van der Waals surface area (Å²) in [5.74, 6) is 0.598. The molecular formula is C9H18N2O. The molecule has 0 saturated carbocycles. The maximum Gasteiger partial charge on any atom is 0.209 e.